The Morgan fingerprint density at radius 3 is 1.35 bits per heavy atom. The Hall–Kier alpha value is -2.48. The van der Waals surface area contributed by atoms with Crippen molar-refractivity contribution in [3.63, 3.8) is 0 Å². The summed E-state index contributed by atoms with van der Waals surface area (Å²) in [5.74, 6) is 0.128. The smallest absolute Gasteiger partial charge is 0.166 e. The van der Waals surface area contributed by atoms with Gasteiger partial charge < -0.3 is 0 Å². The number of carbonyl (C=O) groups excluding carboxylic acids is 2. The van der Waals surface area contributed by atoms with Crippen LogP contribution in [0.1, 0.15) is 33.6 Å². The van der Waals surface area contributed by atoms with Gasteiger partial charge in [-0.3, -0.25) is 9.59 Å². The second-order valence-corrected chi connectivity index (χ2v) is 4.46. The fraction of sp³-hybridized carbons (Fsp3) is 0.111. The molecule has 0 N–H and O–H groups in total. The van der Waals surface area contributed by atoms with E-state index < -0.39 is 0 Å². The first kappa shape index (κ1) is 13.9. The Kier molecular flexibility index (Phi) is 5.01. The largest absolute Gasteiger partial charge is 0.294 e. The second kappa shape index (κ2) is 7.19. The van der Waals surface area contributed by atoms with Crippen LogP contribution in [0.5, 0.6) is 0 Å². The number of benzene rings is 2. The molecule has 2 heteroatoms. The van der Waals surface area contributed by atoms with Crippen molar-refractivity contribution in [1.82, 2.24) is 0 Å². The van der Waals surface area contributed by atoms with E-state index in [1.807, 2.05) is 36.4 Å². The van der Waals surface area contributed by atoms with Gasteiger partial charge >= 0.3 is 0 Å². The van der Waals surface area contributed by atoms with Crippen molar-refractivity contribution in [2.45, 2.75) is 12.8 Å². The lowest BCUT2D eigenvalue weighted by Gasteiger charge is -1.97. The molecule has 2 aromatic carbocycles. The summed E-state index contributed by atoms with van der Waals surface area (Å²) in [4.78, 5) is 23.6. The van der Waals surface area contributed by atoms with Crippen molar-refractivity contribution in [3.05, 3.63) is 83.9 Å². The van der Waals surface area contributed by atoms with E-state index in [1.54, 1.807) is 36.4 Å². The van der Waals surface area contributed by atoms with Gasteiger partial charge in [0.2, 0.25) is 0 Å². The van der Waals surface area contributed by atoms with E-state index in [0.717, 1.165) is 0 Å². The summed E-state index contributed by atoms with van der Waals surface area (Å²) in [6, 6.07) is 18.3. The molecule has 0 saturated heterocycles. The zero-order chi connectivity index (χ0) is 14.2. The van der Waals surface area contributed by atoms with Crippen LogP contribution in [0, 0.1) is 0 Å². The number of rotatable bonds is 6. The number of allylic oxidation sites excluding steroid dienone is 2. The highest BCUT2D eigenvalue weighted by molar-refractivity contribution is 5.98. The lowest BCUT2D eigenvalue weighted by atomic mass is 10.1. The summed E-state index contributed by atoms with van der Waals surface area (Å²) in [6.07, 6.45) is 4.17. The topological polar surface area (TPSA) is 34.1 Å². The van der Waals surface area contributed by atoms with E-state index in [4.69, 9.17) is 0 Å². The Bertz CT molecular complexity index is 542. The SMILES string of the molecule is O=C(CC=CCC(=O)c1ccccc1)c1ccccc1. The third kappa shape index (κ3) is 4.02. The Morgan fingerprint density at radius 1 is 0.650 bits per heavy atom. The van der Waals surface area contributed by atoms with Gasteiger partial charge in [0.25, 0.3) is 0 Å². The molecule has 0 fully saturated rings. The Balaban J connectivity index is 1.83. The van der Waals surface area contributed by atoms with Crippen LogP contribution in [0.2, 0.25) is 0 Å². The van der Waals surface area contributed by atoms with Crippen molar-refractivity contribution in [2.24, 2.45) is 0 Å². The molecule has 0 spiro atoms. The predicted octanol–water partition coefficient (Wildman–Crippen LogP) is 4.09. The lowest BCUT2D eigenvalue weighted by molar-refractivity contribution is 0.0983. The van der Waals surface area contributed by atoms with E-state index in [1.165, 1.54) is 0 Å². The quantitative estimate of drug-likeness (QED) is 0.581. The molecule has 0 atom stereocenters. The van der Waals surface area contributed by atoms with Crippen LogP contribution in [0.3, 0.4) is 0 Å². The molecule has 0 aromatic heterocycles. The monoisotopic (exact) mass is 264 g/mol. The molecule has 2 rings (SSSR count). The second-order valence-electron chi connectivity index (χ2n) is 4.46. The normalized spacial score (nSPS) is 10.6. The molecular formula is C18H16O2. The van der Waals surface area contributed by atoms with Crippen LogP contribution in [0.25, 0.3) is 0 Å². The molecule has 20 heavy (non-hydrogen) atoms. The van der Waals surface area contributed by atoms with Gasteiger partial charge in [0.05, 0.1) is 0 Å². The summed E-state index contributed by atoms with van der Waals surface area (Å²) in [7, 11) is 0. The van der Waals surface area contributed by atoms with Crippen molar-refractivity contribution in [1.29, 1.82) is 0 Å². The van der Waals surface area contributed by atoms with Crippen LogP contribution in [-0.2, 0) is 0 Å². The fourth-order valence-electron chi connectivity index (χ4n) is 1.86. The minimum Gasteiger partial charge on any atom is -0.294 e. The lowest BCUT2D eigenvalue weighted by Crippen LogP contribution is -1.98. The minimum atomic E-state index is 0.0639. The number of hydrogen-bond donors (Lipinski definition) is 0. The maximum atomic E-state index is 11.8. The predicted molar refractivity (Wildman–Crippen MR) is 79.9 cm³/mol. The van der Waals surface area contributed by atoms with E-state index in [9.17, 15) is 9.59 Å². The molecule has 0 saturated carbocycles. The highest BCUT2D eigenvalue weighted by Gasteiger charge is 2.03. The van der Waals surface area contributed by atoms with E-state index >= 15 is 0 Å². The molecule has 0 aliphatic heterocycles. The number of hydrogen-bond acceptors (Lipinski definition) is 2. The van der Waals surface area contributed by atoms with Gasteiger partial charge in [-0.05, 0) is 0 Å². The first-order valence-electron chi connectivity index (χ1n) is 6.59. The molecule has 0 unspecified atom stereocenters. The third-order valence-corrected chi connectivity index (χ3v) is 2.96. The maximum Gasteiger partial charge on any atom is 0.166 e. The average molecular weight is 264 g/mol. The van der Waals surface area contributed by atoms with E-state index in [-0.39, 0.29) is 11.6 Å². The molecule has 2 aromatic rings. The van der Waals surface area contributed by atoms with Gasteiger partial charge in [-0.25, -0.2) is 0 Å². The average Bonchev–Trinajstić information content (AvgIpc) is 2.53. The Morgan fingerprint density at radius 2 is 1.00 bits per heavy atom. The third-order valence-electron chi connectivity index (χ3n) is 2.96. The number of carbonyl (C=O) groups is 2. The van der Waals surface area contributed by atoms with Gasteiger partial charge in [0, 0.05) is 24.0 Å². The summed E-state index contributed by atoms with van der Waals surface area (Å²) >= 11 is 0. The van der Waals surface area contributed by atoms with Gasteiger partial charge in [-0.15, -0.1) is 0 Å². The van der Waals surface area contributed by atoms with Crippen LogP contribution in [0.4, 0.5) is 0 Å². The van der Waals surface area contributed by atoms with Crippen molar-refractivity contribution in [3.8, 4) is 0 Å². The van der Waals surface area contributed by atoms with Crippen molar-refractivity contribution >= 4 is 11.6 Å². The van der Waals surface area contributed by atoms with Crippen molar-refractivity contribution < 1.29 is 9.59 Å². The summed E-state index contributed by atoms with van der Waals surface area (Å²) < 4.78 is 0. The molecule has 0 aliphatic carbocycles. The number of Topliss-reactive ketones (excluding diaryl/α,β-unsaturated/α-hetero) is 2. The molecule has 0 radical (unpaired) electrons. The van der Waals surface area contributed by atoms with Crippen LogP contribution in [0.15, 0.2) is 72.8 Å². The summed E-state index contributed by atoms with van der Waals surface area (Å²) in [6.45, 7) is 0. The van der Waals surface area contributed by atoms with Crippen LogP contribution < -0.4 is 0 Å². The zero-order valence-corrected chi connectivity index (χ0v) is 11.2. The highest BCUT2D eigenvalue weighted by atomic mass is 16.1. The van der Waals surface area contributed by atoms with Crippen LogP contribution >= 0.6 is 0 Å². The molecule has 2 nitrogen and oxygen atoms in total. The van der Waals surface area contributed by atoms with Gasteiger partial charge in [0.1, 0.15) is 0 Å². The van der Waals surface area contributed by atoms with Crippen molar-refractivity contribution in [2.75, 3.05) is 0 Å². The first-order chi connectivity index (χ1) is 9.77. The standard InChI is InChI=1S/C18H16O2/c19-17(15-9-3-1-4-10-15)13-7-8-14-18(20)16-11-5-2-6-12-16/h1-12H,13-14H2. The molecular weight excluding hydrogens is 248 g/mol. The number of ketones is 2. The van der Waals surface area contributed by atoms with Gasteiger partial charge in [-0.1, -0.05) is 72.8 Å². The molecule has 100 valence electrons. The fourth-order valence-corrected chi connectivity index (χ4v) is 1.86. The van der Waals surface area contributed by atoms with E-state index in [2.05, 4.69) is 0 Å². The zero-order valence-electron chi connectivity index (χ0n) is 11.2. The summed E-state index contributed by atoms with van der Waals surface area (Å²) in [5, 5.41) is 0. The molecule has 0 amide bonds. The highest BCUT2D eigenvalue weighted by Crippen LogP contribution is 2.06. The van der Waals surface area contributed by atoms with E-state index in [0.29, 0.717) is 24.0 Å². The molecule has 0 heterocycles. The van der Waals surface area contributed by atoms with Gasteiger partial charge in [-0.2, -0.15) is 0 Å². The minimum absolute atomic E-state index is 0.0639. The Labute approximate surface area is 118 Å². The van der Waals surface area contributed by atoms with Gasteiger partial charge in [0.15, 0.2) is 11.6 Å². The molecule has 0 bridgehead atoms. The van der Waals surface area contributed by atoms with Crippen LogP contribution in [-0.4, -0.2) is 11.6 Å². The first-order valence-corrected chi connectivity index (χ1v) is 6.59. The molecule has 0 aliphatic rings. The summed E-state index contributed by atoms with van der Waals surface area (Å²) in [5.41, 5.74) is 1.40. The maximum absolute atomic E-state index is 11.8.